The van der Waals surface area contributed by atoms with Gasteiger partial charge in [0.1, 0.15) is 5.75 Å². The first-order valence-corrected chi connectivity index (χ1v) is 7.47. The molecular weight excluding hydrogens is 393 g/mol. The summed E-state index contributed by atoms with van der Waals surface area (Å²) in [5.74, 6) is 1.91. The number of piperidine rings is 1. The van der Waals surface area contributed by atoms with Crippen LogP contribution >= 0.6 is 24.0 Å². The number of guanidine groups is 1. The third-order valence-corrected chi connectivity index (χ3v) is 3.89. The Bertz CT molecular complexity index is 496. The zero-order valence-electron chi connectivity index (χ0n) is 13.2. The third kappa shape index (κ3) is 5.31. The number of likely N-dealkylation sites (tertiary alicyclic amines) is 1. The van der Waals surface area contributed by atoms with Crippen molar-refractivity contribution in [3.63, 3.8) is 0 Å². The van der Waals surface area contributed by atoms with Gasteiger partial charge in [-0.25, -0.2) is 0 Å². The zero-order valence-corrected chi connectivity index (χ0v) is 15.6. The molecule has 0 aromatic heterocycles. The van der Waals surface area contributed by atoms with Crippen LogP contribution in [-0.2, 0) is 0 Å². The van der Waals surface area contributed by atoms with Gasteiger partial charge in [-0.1, -0.05) is 19.1 Å². The van der Waals surface area contributed by atoms with Gasteiger partial charge in [0.05, 0.1) is 19.8 Å². The van der Waals surface area contributed by atoms with Crippen LogP contribution in [0.4, 0.5) is 0 Å². The van der Waals surface area contributed by atoms with E-state index in [1.54, 1.807) is 7.11 Å². The Labute approximate surface area is 149 Å². The van der Waals surface area contributed by atoms with Crippen molar-refractivity contribution >= 4 is 29.9 Å². The molecule has 0 radical (unpaired) electrons. The van der Waals surface area contributed by atoms with Crippen molar-refractivity contribution in [1.29, 1.82) is 0 Å². The van der Waals surface area contributed by atoms with Crippen LogP contribution in [0.2, 0.25) is 0 Å². The Kier molecular flexibility index (Phi) is 7.95. The summed E-state index contributed by atoms with van der Waals surface area (Å²) in [7, 11) is 1.61. The molecule has 1 aromatic carbocycles. The molecule has 0 amide bonds. The zero-order chi connectivity index (χ0) is 15.2. The maximum Gasteiger partial charge on any atom is 0.191 e. The summed E-state index contributed by atoms with van der Waals surface area (Å²) in [5.41, 5.74) is 6.82. The fraction of sp³-hybridized carbons (Fsp3) is 0.562. The number of aliphatic hydroxyl groups is 1. The molecule has 1 heterocycles. The average Bonchev–Trinajstić information content (AvgIpc) is 2.52. The SMILES string of the molecule is COc1cccc(C(O)CN=C(N)N2CCCC(C)C2)c1.I. The molecule has 1 aliphatic rings. The summed E-state index contributed by atoms with van der Waals surface area (Å²) in [4.78, 5) is 6.45. The number of ether oxygens (including phenoxy) is 1. The van der Waals surface area contributed by atoms with Crippen molar-refractivity contribution in [2.45, 2.75) is 25.9 Å². The number of methoxy groups -OCH3 is 1. The van der Waals surface area contributed by atoms with Gasteiger partial charge in [-0.3, -0.25) is 4.99 Å². The van der Waals surface area contributed by atoms with E-state index in [4.69, 9.17) is 10.5 Å². The number of benzene rings is 1. The van der Waals surface area contributed by atoms with Crippen molar-refractivity contribution in [3.8, 4) is 5.75 Å². The van der Waals surface area contributed by atoms with Gasteiger partial charge in [0, 0.05) is 13.1 Å². The number of nitrogens with two attached hydrogens (primary N) is 1. The molecule has 0 aliphatic carbocycles. The molecule has 1 aliphatic heterocycles. The van der Waals surface area contributed by atoms with Gasteiger partial charge in [0.15, 0.2) is 5.96 Å². The lowest BCUT2D eigenvalue weighted by Gasteiger charge is -2.31. The van der Waals surface area contributed by atoms with Crippen molar-refractivity contribution in [1.82, 2.24) is 4.90 Å². The second-order valence-electron chi connectivity index (χ2n) is 5.68. The number of halogens is 1. The van der Waals surface area contributed by atoms with Crippen molar-refractivity contribution in [2.75, 3.05) is 26.7 Å². The molecule has 2 unspecified atom stereocenters. The van der Waals surface area contributed by atoms with E-state index in [0.717, 1.165) is 30.8 Å². The van der Waals surface area contributed by atoms with Gasteiger partial charge < -0.3 is 20.5 Å². The van der Waals surface area contributed by atoms with E-state index in [1.807, 2.05) is 24.3 Å². The van der Waals surface area contributed by atoms with E-state index >= 15 is 0 Å². The number of aliphatic imine (C=N–C) groups is 1. The molecule has 5 nitrogen and oxygen atoms in total. The quantitative estimate of drug-likeness (QED) is 0.447. The Balaban J connectivity index is 0.00000242. The Morgan fingerprint density at radius 1 is 1.55 bits per heavy atom. The normalized spacial score (nSPS) is 20.2. The summed E-state index contributed by atoms with van der Waals surface area (Å²) in [6, 6.07) is 7.39. The van der Waals surface area contributed by atoms with E-state index in [9.17, 15) is 5.11 Å². The van der Waals surface area contributed by atoms with Gasteiger partial charge in [-0.15, -0.1) is 24.0 Å². The summed E-state index contributed by atoms with van der Waals surface area (Å²) in [6.07, 6.45) is 1.73. The van der Waals surface area contributed by atoms with Crippen LogP contribution in [0.3, 0.4) is 0 Å². The fourth-order valence-electron chi connectivity index (χ4n) is 2.63. The van der Waals surface area contributed by atoms with Crippen LogP contribution < -0.4 is 10.5 Å². The second-order valence-corrected chi connectivity index (χ2v) is 5.68. The molecule has 0 bridgehead atoms. The van der Waals surface area contributed by atoms with E-state index in [2.05, 4.69) is 16.8 Å². The van der Waals surface area contributed by atoms with Gasteiger partial charge in [0.25, 0.3) is 0 Å². The summed E-state index contributed by atoms with van der Waals surface area (Å²) < 4.78 is 5.16. The number of hydrogen-bond acceptors (Lipinski definition) is 3. The van der Waals surface area contributed by atoms with Gasteiger partial charge >= 0.3 is 0 Å². The lowest BCUT2D eigenvalue weighted by molar-refractivity contribution is 0.185. The Morgan fingerprint density at radius 2 is 2.32 bits per heavy atom. The molecule has 0 spiro atoms. The minimum Gasteiger partial charge on any atom is -0.497 e. The molecule has 1 saturated heterocycles. The molecule has 2 rings (SSSR count). The van der Waals surface area contributed by atoms with Crippen LogP contribution in [0.25, 0.3) is 0 Å². The maximum absolute atomic E-state index is 10.2. The maximum atomic E-state index is 10.2. The molecular formula is C16H26IN3O2. The second kappa shape index (κ2) is 9.19. The van der Waals surface area contributed by atoms with Crippen molar-refractivity contribution < 1.29 is 9.84 Å². The van der Waals surface area contributed by atoms with Crippen LogP contribution in [0.5, 0.6) is 5.75 Å². The fourth-order valence-corrected chi connectivity index (χ4v) is 2.63. The van der Waals surface area contributed by atoms with Crippen molar-refractivity contribution in [2.24, 2.45) is 16.6 Å². The molecule has 2 atom stereocenters. The molecule has 1 aromatic rings. The molecule has 3 N–H and O–H groups in total. The lowest BCUT2D eigenvalue weighted by Crippen LogP contribution is -2.43. The van der Waals surface area contributed by atoms with Crippen LogP contribution in [0.1, 0.15) is 31.4 Å². The minimum atomic E-state index is -0.666. The number of hydrogen-bond donors (Lipinski definition) is 2. The predicted molar refractivity (Wildman–Crippen MR) is 99.8 cm³/mol. The molecule has 124 valence electrons. The first-order chi connectivity index (χ1) is 10.1. The number of aliphatic hydroxyl groups excluding tert-OH is 1. The van der Waals surface area contributed by atoms with Crippen LogP contribution in [-0.4, -0.2) is 42.7 Å². The summed E-state index contributed by atoms with van der Waals surface area (Å²) in [5, 5.41) is 10.2. The molecule has 22 heavy (non-hydrogen) atoms. The molecule has 0 saturated carbocycles. The third-order valence-electron chi connectivity index (χ3n) is 3.89. The minimum absolute atomic E-state index is 0. The summed E-state index contributed by atoms with van der Waals surface area (Å²) in [6.45, 7) is 4.40. The highest BCUT2D eigenvalue weighted by atomic mass is 127. The highest BCUT2D eigenvalue weighted by molar-refractivity contribution is 14.0. The standard InChI is InChI=1S/C16H25N3O2.HI/c1-12-5-4-8-19(11-12)16(17)18-10-15(20)13-6-3-7-14(9-13)21-2;/h3,6-7,9,12,15,20H,4-5,8,10-11H2,1-2H3,(H2,17,18);1H. The summed E-state index contributed by atoms with van der Waals surface area (Å²) >= 11 is 0. The van der Waals surface area contributed by atoms with Gasteiger partial charge in [-0.2, -0.15) is 0 Å². The van der Waals surface area contributed by atoms with E-state index in [-0.39, 0.29) is 30.5 Å². The Morgan fingerprint density at radius 3 is 3.00 bits per heavy atom. The number of rotatable bonds is 4. The highest BCUT2D eigenvalue weighted by Gasteiger charge is 2.18. The van der Waals surface area contributed by atoms with Gasteiger partial charge in [0.2, 0.25) is 0 Å². The van der Waals surface area contributed by atoms with E-state index < -0.39 is 6.10 Å². The first-order valence-electron chi connectivity index (χ1n) is 7.47. The van der Waals surface area contributed by atoms with Crippen LogP contribution in [0.15, 0.2) is 29.3 Å². The van der Waals surface area contributed by atoms with Gasteiger partial charge in [-0.05, 0) is 36.5 Å². The smallest absolute Gasteiger partial charge is 0.191 e. The lowest BCUT2D eigenvalue weighted by atomic mass is 10.0. The monoisotopic (exact) mass is 419 g/mol. The van der Waals surface area contributed by atoms with Crippen LogP contribution in [0, 0.1) is 5.92 Å². The molecule has 6 heteroatoms. The van der Waals surface area contributed by atoms with Crippen molar-refractivity contribution in [3.05, 3.63) is 29.8 Å². The highest BCUT2D eigenvalue weighted by Crippen LogP contribution is 2.19. The van der Waals surface area contributed by atoms with E-state index in [0.29, 0.717) is 11.9 Å². The van der Waals surface area contributed by atoms with E-state index in [1.165, 1.54) is 6.42 Å². The Hall–Kier alpha value is -1.02. The predicted octanol–water partition coefficient (Wildman–Crippen LogP) is 2.39. The topological polar surface area (TPSA) is 71.1 Å². The largest absolute Gasteiger partial charge is 0.497 e. The number of nitrogens with zero attached hydrogens (tertiary/aromatic N) is 2. The molecule has 1 fully saturated rings. The average molecular weight is 419 g/mol. The first kappa shape index (κ1) is 19.0.